The average molecular weight is 589 g/mol. The van der Waals surface area contributed by atoms with Crippen LogP contribution in [0.4, 0.5) is 0 Å². The number of aliphatic hydroxyl groups is 2. The van der Waals surface area contributed by atoms with Crippen molar-refractivity contribution in [3.05, 3.63) is 47.5 Å². The summed E-state index contributed by atoms with van der Waals surface area (Å²) in [4.78, 5) is 18.0. The zero-order valence-electron chi connectivity index (χ0n) is 24.9. The predicted octanol–water partition coefficient (Wildman–Crippen LogP) is 2.40. The lowest BCUT2D eigenvalue weighted by atomic mass is 10.1. The fraction of sp³-hybridized carbons (Fsp3) is 0.500. The Labute approximate surface area is 241 Å². The number of hydrogen-bond donors (Lipinski definition) is 10. The van der Waals surface area contributed by atoms with Crippen molar-refractivity contribution in [3.8, 4) is 23.0 Å². The minimum absolute atomic E-state index is 0. The van der Waals surface area contributed by atoms with E-state index in [0.717, 1.165) is 13.8 Å². The summed E-state index contributed by atoms with van der Waals surface area (Å²) >= 11 is 0. The van der Waals surface area contributed by atoms with Gasteiger partial charge in [0.2, 0.25) is 0 Å². The number of carboxylic acid groups (broad SMARTS) is 2. The monoisotopic (exact) mass is 588 g/mol. The van der Waals surface area contributed by atoms with Crippen LogP contribution < -0.4 is 10.6 Å². The second-order valence-electron chi connectivity index (χ2n) is 10.9. The molecule has 0 radical (unpaired) electrons. The van der Waals surface area contributed by atoms with Gasteiger partial charge in [0.15, 0.2) is 0 Å². The average Bonchev–Trinajstić information content (AvgIpc) is 2.73. The number of β-amino-alcohol motifs (C(OH)–C–C–N with tert-alkyl or cyclic N) is 2. The van der Waals surface area contributed by atoms with Gasteiger partial charge in [0.05, 0.1) is 12.2 Å². The van der Waals surface area contributed by atoms with E-state index in [2.05, 4.69) is 10.6 Å². The summed E-state index contributed by atoms with van der Waals surface area (Å²) in [7, 11) is 0. The van der Waals surface area contributed by atoms with Crippen molar-refractivity contribution in [2.45, 2.75) is 78.7 Å². The molecule has 0 bridgehead atoms. The molecular weight excluding hydrogens is 540 g/mol. The summed E-state index contributed by atoms with van der Waals surface area (Å²) in [6, 6.07) is 8.22. The van der Waals surface area contributed by atoms with Crippen LogP contribution in [0.3, 0.4) is 0 Å². The molecule has 236 valence electrons. The summed E-state index contributed by atoms with van der Waals surface area (Å²) < 4.78 is 0. The van der Waals surface area contributed by atoms with Gasteiger partial charge in [-0.25, -0.2) is 0 Å². The number of aliphatic hydroxyl groups excluding tert-OH is 2. The maximum atomic E-state index is 9.85. The first kappa shape index (κ1) is 41.9. The molecule has 0 saturated heterocycles. The van der Waals surface area contributed by atoms with E-state index in [1.54, 1.807) is 0 Å². The molecule has 41 heavy (non-hydrogen) atoms. The number of nitrogens with one attached hydrogen (secondary N) is 2. The van der Waals surface area contributed by atoms with Crippen LogP contribution in [-0.4, -0.2) is 82.4 Å². The second kappa shape index (κ2) is 19.5. The highest BCUT2D eigenvalue weighted by molar-refractivity contribution is 5.63. The van der Waals surface area contributed by atoms with E-state index in [-0.39, 0.29) is 39.6 Å². The predicted molar refractivity (Wildman–Crippen MR) is 155 cm³/mol. The van der Waals surface area contributed by atoms with Gasteiger partial charge in [-0.1, -0.05) is 0 Å². The molecule has 0 aliphatic heterocycles. The molecule has 2 aromatic carbocycles. The maximum Gasteiger partial charge on any atom is 0.300 e. The van der Waals surface area contributed by atoms with Crippen molar-refractivity contribution in [1.82, 2.24) is 10.6 Å². The molecule has 0 aliphatic carbocycles. The molecule has 0 amide bonds. The number of carbonyl (C=O) groups is 2. The Hall–Kier alpha value is -3.62. The highest BCUT2D eigenvalue weighted by Gasteiger charge is 2.15. The highest BCUT2D eigenvalue weighted by Crippen LogP contribution is 2.25. The molecule has 0 fully saturated rings. The van der Waals surface area contributed by atoms with Crippen molar-refractivity contribution in [1.29, 1.82) is 0 Å². The molecule has 2 unspecified atom stereocenters. The SMILES string of the molecule is CC(=O)O.CC(=O)O.CC(C)(C)NCC(O)c1cc(O)cc(O)c1.CC(C)(C)NCC(O)c1cc(O)cc(O)c1.O. The summed E-state index contributed by atoms with van der Waals surface area (Å²) in [5.74, 6) is -1.87. The van der Waals surface area contributed by atoms with Crippen molar-refractivity contribution >= 4 is 11.9 Å². The van der Waals surface area contributed by atoms with Crippen LogP contribution in [0.5, 0.6) is 23.0 Å². The molecule has 0 saturated carbocycles. The van der Waals surface area contributed by atoms with Gasteiger partial charge >= 0.3 is 0 Å². The third kappa shape index (κ3) is 26.4. The number of phenols is 4. The van der Waals surface area contributed by atoms with Gasteiger partial charge in [0, 0.05) is 50.1 Å². The van der Waals surface area contributed by atoms with Crippen LogP contribution >= 0.6 is 0 Å². The van der Waals surface area contributed by atoms with Crippen LogP contribution in [0.1, 0.15) is 78.7 Å². The van der Waals surface area contributed by atoms with E-state index in [4.69, 9.17) is 19.8 Å². The molecule has 0 aromatic heterocycles. The number of carboxylic acids is 2. The van der Waals surface area contributed by atoms with E-state index < -0.39 is 24.1 Å². The summed E-state index contributed by atoms with van der Waals surface area (Å²) in [6.45, 7) is 14.9. The minimum Gasteiger partial charge on any atom is -0.508 e. The van der Waals surface area contributed by atoms with Crippen molar-refractivity contribution < 1.29 is 55.9 Å². The van der Waals surface area contributed by atoms with E-state index in [1.807, 2.05) is 41.5 Å². The van der Waals surface area contributed by atoms with Gasteiger partial charge in [-0.15, -0.1) is 0 Å². The molecule has 2 atom stereocenters. The first-order valence-corrected chi connectivity index (χ1v) is 12.3. The largest absolute Gasteiger partial charge is 0.508 e. The minimum atomic E-state index is -0.833. The van der Waals surface area contributed by atoms with Gasteiger partial charge < -0.3 is 57.0 Å². The summed E-state index contributed by atoms with van der Waals surface area (Å²) in [5.41, 5.74) is 0.822. The smallest absolute Gasteiger partial charge is 0.300 e. The second-order valence-corrected chi connectivity index (χ2v) is 10.9. The Kier molecular flexibility index (Phi) is 19.9. The quantitative estimate of drug-likeness (QED) is 0.233. The highest BCUT2D eigenvalue weighted by atomic mass is 16.4. The number of phenolic OH excluding ortho intramolecular Hbond substituents is 4. The third-order valence-electron chi connectivity index (χ3n) is 4.27. The Bertz CT molecular complexity index is 916. The summed E-state index contributed by atoms with van der Waals surface area (Å²) in [5, 5.41) is 77.9. The van der Waals surface area contributed by atoms with Crippen LogP contribution in [0.2, 0.25) is 0 Å². The Morgan fingerprint density at radius 2 is 0.805 bits per heavy atom. The zero-order valence-corrected chi connectivity index (χ0v) is 24.9. The lowest BCUT2D eigenvalue weighted by molar-refractivity contribution is -0.135. The van der Waals surface area contributed by atoms with Gasteiger partial charge in [0.25, 0.3) is 11.9 Å². The first-order chi connectivity index (χ1) is 18.0. The topological polar surface area (TPSA) is 252 Å². The molecule has 0 spiro atoms. The van der Waals surface area contributed by atoms with Gasteiger partial charge in [-0.3, -0.25) is 9.59 Å². The van der Waals surface area contributed by atoms with Crippen LogP contribution in [0.15, 0.2) is 36.4 Å². The fourth-order valence-electron chi connectivity index (χ4n) is 2.66. The van der Waals surface area contributed by atoms with E-state index in [9.17, 15) is 30.6 Å². The molecule has 2 rings (SSSR count). The first-order valence-electron chi connectivity index (χ1n) is 12.3. The molecule has 12 N–H and O–H groups in total. The Balaban J connectivity index is -0.000000548. The fourth-order valence-corrected chi connectivity index (χ4v) is 2.66. The van der Waals surface area contributed by atoms with Crippen LogP contribution in [0.25, 0.3) is 0 Å². The third-order valence-corrected chi connectivity index (χ3v) is 4.27. The Morgan fingerprint density at radius 1 is 0.610 bits per heavy atom. The Morgan fingerprint density at radius 3 is 0.976 bits per heavy atom. The molecule has 13 nitrogen and oxygen atoms in total. The van der Waals surface area contributed by atoms with Crippen LogP contribution in [-0.2, 0) is 9.59 Å². The molecular formula is C28H48N2O11. The van der Waals surface area contributed by atoms with Crippen LogP contribution in [0, 0.1) is 0 Å². The normalized spacial score (nSPS) is 12.0. The van der Waals surface area contributed by atoms with E-state index >= 15 is 0 Å². The number of rotatable bonds is 6. The standard InChI is InChI=1S/2C12H19NO3.2C2H4O2.H2O/c2*1-12(2,3)13-7-11(16)8-4-9(14)6-10(15)5-8;2*1-2(3)4;/h2*4-6,11,13-16H,7H2,1-3H3;2*1H3,(H,3,4);1H2. The maximum absolute atomic E-state index is 9.85. The van der Waals surface area contributed by atoms with Gasteiger partial charge in [0.1, 0.15) is 23.0 Å². The molecule has 0 heterocycles. The number of benzene rings is 2. The summed E-state index contributed by atoms with van der Waals surface area (Å²) in [6.07, 6.45) is -1.51. The molecule has 0 aliphatic rings. The van der Waals surface area contributed by atoms with Crippen molar-refractivity contribution in [2.24, 2.45) is 0 Å². The lowest BCUT2D eigenvalue weighted by Crippen LogP contribution is -2.38. The van der Waals surface area contributed by atoms with Crippen molar-refractivity contribution in [2.75, 3.05) is 13.1 Å². The lowest BCUT2D eigenvalue weighted by Gasteiger charge is -2.23. The number of aliphatic carboxylic acids is 2. The van der Waals surface area contributed by atoms with E-state index in [1.165, 1.54) is 36.4 Å². The van der Waals surface area contributed by atoms with Crippen molar-refractivity contribution in [3.63, 3.8) is 0 Å². The number of hydrogen-bond acceptors (Lipinski definition) is 10. The van der Waals surface area contributed by atoms with Gasteiger partial charge in [-0.05, 0) is 76.9 Å². The number of aromatic hydroxyl groups is 4. The zero-order chi connectivity index (χ0) is 31.8. The molecule has 2 aromatic rings. The van der Waals surface area contributed by atoms with Gasteiger partial charge in [-0.2, -0.15) is 0 Å². The van der Waals surface area contributed by atoms with E-state index in [0.29, 0.717) is 24.2 Å². The molecule has 13 heteroatoms.